The average Bonchev–Trinajstić information content (AvgIpc) is 3.89. The van der Waals surface area contributed by atoms with E-state index in [1.807, 2.05) is 0 Å². The zero-order valence-corrected chi connectivity index (χ0v) is 35.8. The highest BCUT2D eigenvalue weighted by molar-refractivity contribution is 5.92. The van der Waals surface area contributed by atoms with Gasteiger partial charge in [-0.1, -0.05) is 164 Å². The molecule has 0 bridgehead atoms. The lowest BCUT2D eigenvalue weighted by Gasteiger charge is -2.33. The number of allylic oxidation sites excluding steroid dienone is 13. The summed E-state index contributed by atoms with van der Waals surface area (Å²) >= 11 is 0. The highest BCUT2D eigenvalue weighted by Crippen LogP contribution is 2.53. The fraction of sp³-hybridized carbons (Fsp3) is 0.167. The Bertz CT molecular complexity index is 3170. The van der Waals surface area contributed by atoms with Gasteiger partial charge < -0.3 is 9.80 Å². The van der Waals surface area contributed by atoms with Gasteiger partial charge in [-0.3, -0.25) is 0 Å². The molecule has 7 aliphatic rings. The lowest BCUT2D eigenvalue weighted by molar-refractivity contribution is 0.693. The zero-order chi connectivity index (χ0) is 42.1. The van der Waals surface area contributed by atoms with E-state index in [0.29, 0.717) is 5.92 Å². The van der Waals surface area contributed by atoms with Gasteiger partial charge in [0.2, 0.25) is 0 Å². The molecule has 5 unspecified atom stereocenters. The second-order valence-corrected chi connectivity index (χ2v) is 18.2. The van der Waals surface area contributed by atoms with Crippen LogP contribution in [0.4, 0.5) is 17.1 Å². The molecule has 5 atom stereocenters. The maximum Gasteiger partial charge on any atom is 0.160 e. The van der Waals surface area contributed by atoms with Crippen molar-refractivity contribution in [3.63, 3.8) is 0 Å². The van der Waals surface area contributed by atoms with Gasteiger partial charge in [-0.15, -0.1) is 0 Å². The van der Waals surface area contributed by atoms with E-state index in [1.54, 1.807) is 0 Å². The lowest BCUT2D eigenvalue weighted by atomic mass is 9.78. The van der Waals surface area contributed by atoms with E-state index in [0.717, 1.165) is 60.1 Å². The first-order chi connectivity index (χ1) is 31.7. The van der Waals surface area contributed by atoms with Crippen LogP contribution in [-0.2, 0) is 6.42 Å². The Balaban J connectivity index is 0.765. The number of rotatable bonds is 6. The standard InChI is InChI=1S/C60H48N4/c1-3-14-42(15-4-1)59-50-20-9-11-21-53(50)61-60(62-59)43-25-23-39(24-26-43)40-27-32-47(33-28-40)63-54-22-12-10-19-49(54)51-37-44(30-34-55(51)63)45-31-35-56-52(38-45)58-48-18-8-7-13-41(48)29-36-57(58)64(56)46-16-5-2-6-17-46/h1-3,5-14,16-23,25-28,30-35,37-39,51-52,55-56H,4,15,24,29,36H2. The molecule has 0 saturated heterocycles. The van der Waals surface area contributed by atoms with Gasteiger partial charge in [0.05, 0.1) is 23.3 Å². The Morgan fingerprint density at radius 1 is 0.578 bits per heavy atom. The third kappa shape index (κ3) is 6.11. The van der Waals surface area contributed by atoms with E-state index in [-0.39, 0.29) is 23.9 Å². The second kappa shape index (κ2) is 15.2. The quantitative estimate of drug-likeness (QED) is 0.167. The maximum absolute atomic E-state index is 5.17. The molecule has 4 heteroatoms. The highest BCUT2D eigenvalue weighted by atomic mass is 15.2. The summed E-state index contributed by atoms with van der Waals surface area (Å²) in [5, 5.41) is 1.12. The van der Waals surface area contributed by atoms with Crippen molar-refractivity contribution in [2.75, 3.05) is 9.80 Å². The monoisotopic (exact) mass is 824 g/mol. The molecule has 0 N–H and O–H groups in total. The van der Waals surface area contributed by atoms with Crippen LogP contribution in [0.15, 0.2) is 217 Å². The molecule has 5 aliphatic carbocycles. The van der Waals surface area contributed by atoms with E-state index in [2.05, 4.69) is 210 Å². The van der Waals surface area contributed by atoms with Gasteiger partial charge in [0, 0.05) is 51.5 Å². The van der Waals surface area contributed by atoms with E-state index in [4.69, 9.17) is 9.97 Å². The van der Waals surface area contributed by atoms with Crippen molar-refractivity contribution in [3.05, 3.63) is 251 Å². The molecule has 0 fully saturated rings. The molecular formula is C60H48N4. The minimum absolute atomic E-state index is 0.208. The summed E-state index contributed by atoms with van der Waals surface area (Å²) in [6, 6.07) is 47.4. The fourth-order valence-electron chi connectivity index (χ4n) is 11.6. The molecule has 4 nitrogen and oxygen atoms in total. The van der Waals surface area contributed by atoms with Gasteiger partial charge in [0.1, 0.15) is 0 Å². The predicted molar refractivity (Wildman–Crippen MR) is 264 cm³/mol. The molecule has 13 rings (SSSR count). The van der Waals surface area contributed by atoms with Crippen LogP contribution < -0.4 is 9.80 Å². The van der Waals surface area contributed by atoms with Crippen molar-refractivity contribution >= 4 is 44.7 Å². The molecule has 5 aromatic carbocycles. The molecule has 0 radical (unpaired) electrons. The average molecular weight is 825 g/mol. The van der Waals surface area contributed by atoms with Crippen LogP contribution in [0.3, 0.4) is 0 Å². The van der Waals surface area contributed by atoms with E-state index < -0.39 is 0 Å². The van der Waals surface area contributed by atoms with Crippen LogP contribution in [0, 0.1) is 5.92 Å². The molecule has 64 heavy (non-hydrogen) atoms. The lowest BCUT2D eigenvalue weighted by Crippen LogP contribution is -2.33. The van der Waals surface area contributed by atoms with Gasteiger partial charge in [-0.25, -0.2) is 9.97 Å². The van der Waals surface area contributed by atoms with Gasteiger partial charge in [0.15, 0.2) is 5.82 Å². The van der Waals surface area contributed by atoms with Crippen molar-refractivity contribution in [3.8, 4) is 0 Å². The Morgan fingerprint density at radius 3 is 2.14 bits per heavy atom. The van der Waals surface area contributed by atoms with Crippen LogP contribution in [0.2, 0.25) is 0 Å². The Kier molecular flexibility index (Phi) is 8.85. The Labute approximate surface area is 375 Å². The molecule has 0 spiro atoms. The molecule has 6 aromatic rings. The largest absolute Gasteiger partial charge is 0.337 e. The molecule has 3 heterocycles. The summed E-state index contributed by atoms with van der Waals surface area (Å²) in [6.07, 6.45) is 33.5. The summed E-state index contributed by atoms with van der Waals surface area (Å²) in [7, 11) is 0. The number of aryl methyl sites for hydroxylation is 1. The van der Waals surface area contributed by atoms with Crippen LogP contribution in [0.5, 0.6) is 0 Å². The minimum atomic E-state index is 0.208. The van der Waals surface area contributed by atoms with Crippen molar-refractivity contribution in [1.82, 2.24) is 9.97 Å². The van der Waals surface area contributed by atoms with Crippen molar-refractivity contribution in [2.24, 2.45) is 5.92 Å². The summed E-state index contributed by atoms with van der Waals surface area (Å²) in [5.74, 6) is 1.65. The van der Waals surface area contributed by atoms with Crippen LogP contribution >= 0.6 is 0 Å². The van der Waals surface area contributed by atoms with Gasteiger partial charge >= 0.3 is 0 Å². The summed E-state index contributed by atoms with van der Waals surface area (Å²) in [6.45, 7) is 0. The maximum atomic E-state index is 5.17. The van der Waals surface area contributed by atoms with Crippen molar-refractivity contribution < 1.29 is 0 Å². The van der Waals surface area contributed by atoms with E-state index >= 15 is 0 Å². The van der Waals surface area contributed by atoms with E-state index in [1.165, 1.54) is 67.3 Å². The number of hydrogen-bond acceptors (Lipinski definition) is 4. The number of aromatic nitrogens is 2. The third-order valence-corrected chi connectivity index (χ3v) is 14.7. The predicted octanol–water partition coefficient (Wildman–Crippen LogP) is 13.9. The van der Waals surface area contributed by atoms with Crippen molar-refractivity contribution in [2.45, 2.75) is 56.0 Å². The number of anilines is 3. The topological polar surface area (TPSA) is 32.3 Å². The normalized spacial score (nSPS) is 23.8. The first-order valence-corrected chi connectivity index (χ1v) is 23.2. The zero-order valence-electron chi connectivity index (χ0n) is 35.8. The Hall–Kier alpha value is -7.30. The first-order valence-electron chi connectivity index (χ1n) is 23.2. The van der Waals surface area contributed by atoms with Crippen LogP contribution in [0.25, 0.3) is 27.6 Å². The van der Waals surface area contributed by atoms with E-state index in [9.17, 15) is 0 Å². The van der Waals surface area contributed by atoms with Crippen LogP contribution in [0.1, 0.15) is 71.3 Å². The highest BCUT2D eigenvalue weighted by Gasteiger charge is 2.44. The fourth-order valence-corrected chi connectivity index (χ4v) is 11.6. The molecular weight excluding hydrogens is 777 g/mol. The number of fused-ring (bicyclic) bond motifs is 8. The number of hydrogen-bond donors (Lipinski definition) is 0. The summed E-state index contributed by atoms with van der Waals surface area (Å²) < 4.78 is 0. The van der Waals surface area contributed by atoms with Crippen LogP contribution in [-0.4, -0.2) is 22.1 Å². The first kappa shape index (κ1) is 37.3. The van der Waals surface area contributed by atoms with Crippen molar-refractivity contribution in [1.29, 1.82) is 0 Å². The molecule has 0 saturated carbocycles. The number of para-hydroxylation sites is 3. The van der Waals surface area contributed by atoms with Gasteiger partial charge in [-0.2, -0.15) is 0 Å². The second-order valence-electron chi connectivity index (χ2n) is 18.2. The summed E-state index contributed by atoms with van der Waals surface area (Å²) in [4.78, 5) is 15.4. The summed E-state index contributed by atoms with van der Waals surface area (Å²) in [5.41, 5.74) is 19.5. The van der Waals surface area contributed by atoms with Gasteiger partial charge in [0.25, 0.3) is 0 Å². The third-order valence-electron chi connectivity index (χ3n) is 14.7. The Morgan fingerprint density at radius 2 is 1.31 bits per heavy atom. The minimum Gasteiger partial charge on any atom is -0.337 e. The SMILES string of the molecule is C1=CCCC(c2nc(C3=CCC(c4ccc(N5c6ccccc6C6C=C(C7=CC8C9=C(CCc%10ccccc%109)N(c9ccccc9)C8C=C7)C=CC65)cc4)C=C3)nc3ccccc23)=C1. The van der Waals surface area contributed by atoms with Gasteiger partial charge in [-0.05, 0) is 113 Å². The smallest absolute Gasteiger partial charge is 0.160 e. The number of nitrogens with zero attached hydrogens (tertiary/aromatic N) is 4. The molecule has 1 aromatic heterocycles. The molecule has 0 amide bonds. The molecule has 308 valence electrons. The molecule has 2 aliphatic heterocycles. The number of benzene rings is 5.